The summed E-state index contributed by atoms with van der Waals surface area (Å²) in [4.78, 5) is 20.9. The average molecular weight is 207 g/mol. The highest BCUT2D eigenvalue weighted by atomic mass is 16.6. The van der Waals surface area contributed by atoms with Crippen LogP contribution in [0.25, 0.3) is 0 Å². The smallest absolute Gasteiger partial charge is 0.269 e. The van der Waals surface area contributed by atoms with Gasteiger partial charge in [-0.25, -0.2) is 0 Å². The topological polar surface area (TPSA) is 69.4 Å². The van der Waals surface area contributed by atoms with Crippen molar-refractivity contribution in [2.75, 3.05) is 6.61 Å². The Morgan fingerprint density at radius 1 is 1.53 bits per heavy atom. The lowest BCUT2D eigenvalue weighted by molar-refractivity contribution is -0.385. The van der Waals surface area contributed by atoms with Gasteiger partial charge in [-0.05, 0) is 12.5 Å². The van der Waals surface area contributed by atoms with Crippen molar-refractivity contribution in [3.63, 3.8) is 0 Å². The maximum absolute atomic E-state index is 10.8. The Morgan fingerprint density at radius 3 is 3.00 bits per heavy atom. The molecule has 0 aliphatic carbocycles. The summed E-state index contributed by atoms with van der Waals surface area (Å²) in [5.74, 6) is 0.289. The number of non-ortho nitro benzene ring substituents is 1. The second kappa shape index (κ2) is 3.68. The maximum Gasteiger partial charge on any atom is 0.269 e. The van der Waals surface area contributed by atoms with E-state index in [1.54, 1.807) is 6.07 Å². The van der Waals surface area contributed by atoms with Crippen LogP contribution in [0.2, 0.25) is 0 Å². The molecule has 0 bridgehead atoms. The van der Waals surface area contributed by atoms with E-state index in [-0.39, 0.29) is 11.6 Å². The van der Waals surface area contributed by atoms with E-state index in [4.69, 9.17) is 4.74 Å². The normalized spacial score (nSPS) is 18.8. The quantitative estimate of drug-likeness (QED) is 0.420. The van der Waals surface area contributed by atoms with Gasteiger partial charge in [0.25, 0.3) is 5.69 Å². The van der Waals surface area contributed by atoms with Crippen LogP contribution in [0.3, 0.4) is 0 Å². The highest BCUT2D eigenvalue weighted by molar-refractivity contribution is 5.66. The van der Waals surface area contributed by atoms with Crippen molar-refractivity contribution in [3.8, 4) is 5.75 Å². The van der Waals surface area contributed by atoms with Crippen LogP contribution < -0.4 is 4.74 Å². The van der Waals surface area contributed by atoms with Crippen LogP contribution in [-0.4, -0.2) is 17.8 Å². The summed E-state index contributed by atoms with van der Waals surface area (Å²) in [5, 5.41) is 10.6. The van der Waals surface area contributed by atoms with Crippen molar-refractivity contribution in [3.05, 3.63) is 33.9 Å². The molecule has 2 rings (SSSR count). The number of nitrogens with zero attached hydrogens (tertiary/aromatic N) is 1. The minimum Gasteiger partial charge on any atom is -0.493 e. The molecular formula is C10H9NO4. The molecule has 1 aliphatic heterocycles. The third-order valence-corrected chi connectivity index (χ3v) is 2.45. The van der Waals surface area contributed by atoms with Crippen molar-refractivity contribution < 1.29 is 14.5 Å². The lowest BCUT2D eigenvalue weighted by Crippen LogP contribution is -2.15. The number of fused-ring (bicyclic) bond motifs is 1. The van der Waals surface area contributed by atoms with Crippen molar-refractivity contribution in [2.24, 2.45) is 0 Å². The number of hydrogen-bond donors (Lipinski definition) is 0. The number of benzene rings is 1. The summed E-state index contributed by atoms with van der Waals surface area (Å²) >= 11 is 0. The third kappa shape index (κ3) is 1.68. The minimum atomic E-state index is -0.475. The van der Waals surface area contributed by atoms with Gasteiger partial charge in [0.1, 0.15) is 12.0 Å². The van der Waals surface area contributed by atoms with Gasteiger partial charge in [-0.3, -0.25) is 10.1 Å². The van der Waals surface area contributed by atoms with E-state index in [9.17, 15) is 14.9 Å². The number of aldehydes is 1. The highest BCUT2D eigenvalue weighted by Crippen LogP contribution is 2.34. The van der Waals surface area contributed by atoms with E-state index in [0.29, 0.717) is 24.3 Å². The van der Waals surface area contributed by atoms with Gasteiger partial charge < -0.3 is 9.53 Å². The lowest BCUT2D eigenvalue weighted by atomic mass is 9.94. The number of nitro benzene ring substituents is 1. The van der Waals surface area contributed by atoms with Crippen LogP contribution in [0.5, 0.6) is 5.75 Å². The van der Waals surface area contributed by atoms with E-state index in [0.717, 1.165) is 6.29 Å². The summed E-state index contributed by atoms with van der Waals surface area (Å²) in [7, 11) is 0. The molecule has 78 valence electrons. The lowest BCUT2D eigenvalue weighted by Gasteiger charge is -2.21. The van der Waals surface area contributed by atoms with Crippen LogP contribution in [-0.2, 0) is 4.79 Å². The number of ether oxygens (including phenoxy) is 1. The van der Waals surface area contributed by atoms with Crippen molar-refractivity contribution >= 4 is 12.0 Å². The highest BCUT2D eigenvalue weighted by Gasteiger charge is 2.23. The van der Waals surface area contributed by atoms with E-state index in [1.807, 2.05) is 0 Å². The molecule has 1 atom stereocenters. The number of hydrogen-bond acceptors (Lipinski definition) is 4. The van der Waals surface area contributed by atoms with Crippen LogP contribution in [0.4, 0.5) is 5.69 Å². The van der Waals surface area contributed by atoms with Gasteiger partial charge in [0.05, 0.1) is 11.5 Å². The largest absolute Gasteiger partial charge is 0.493 e. The molecule has 0 N–H and O–H groups in total. The summed E-state index contributed by atoms with van der Waals surface area (Å²) in [5.41, 5.74) is 0.608. The predicted molar refractivity (Wildman–Crippen MR) is 52.0 cm³/mol. The van der Waals surface area contributed by atoms with Crippen molar-refractivity contribution in [1.82, 2.24) is 0 Å². The van der Waals surface area contributed by atoms with Gasteiger partial charge in [-0.2, -0.15) is 0 Å². The van der Waals surface area contributed by atoms with Gasteiger partial charge in [-0.1, -0.05) is 0 Å². The Labute approximate surface area is 85.8 Å². The number of nitro groups is 1. The van der Waals surface area contributed by atoms with E-state index >= 15 is 0 Å². The molecule has 0 saturated carbocycles. The van der Waals surface area contributed by atoms with E-state index < -0.39 is 4.92 Å². The fourth-order valence-electron chi connectivity index (χ4n) is 1.66. The Bertz CT molecular complexity index is 416. The standard InChI is InChI=1S/C10H9NO4/c12-6-7-3-4-15-10-2-1-8(11(13)14)5-9(7)10/h1-2,5-7H,3-4H2. The molecule has 0 fully saturated rings. The fraction of sp³-hybridized carbons (Fsp3) is 0.300. The monoisotopic (exact) mass is 207 g/mol. The van der Waals surface area contributed by atoms with Crippen molar-refractivity contribution in [2.45, 2.75) is 12.3 Å². The predicted octanol–water partition coefficient (Wildman–Crippen LogP) is 1.66. The first-order valence-electron chi connectivity index (χ1n) is 4.59. The van der Waals surface area contributed by atoms with Crippen LogP contribution >= 0.6 is 0 Å². The van der Waals surface area contributed by atoms with Gasteiger partial charge >= 0.3 is 0 Å². The first kappa shape index (κ1) is 9.64. The second-order valence-corrected chi connectivity index (χ2v) is 3.36. The first-order chi connectivity index (χ1) is 7.22. The summed E-state index contributed by atoms with van der Waals surface area (Å²) in [6.45, 7) is 0.480. The van der Waals surface area contributed by atoms with Gasteiger partial charge in [-0.15, -0.1) is 0 Å². The zero-order valence-electron chi connectivity index (χ0n) is 7.88. The molecular weight excluding hydrogens is 198 g/mol. The molecule has 1 heterocycles. The van der Waals surface area contributed by atoms with Gasteiger partial charge in [0.15, 0.2) is 0 Å². The molecule has 5 nitrogen and oxygen atoms in total. The number of rotatable bonds is 2. The Morgan fingerprint density at radius 2 is 2.33 bits per heavy atom. The molecule has 1 unspecified atom stereocenters. The molecule has 5 heteroatoms. The molecule has 1 aliphatic rings. The number of carbonyl (C=O) groups excluding carboxylic acids is 1. The van der Waals surface area contributed by atoms with E-state index in [2.05, 4.69) is 0 Å². The maximum atomic E-state index is 10.8. The zero-order valence-corrected chi connectivity index (χ0v) is 7.88. The SMILES string of the molecule is O=CC1CCOc2ccc([N+](=O)[O-])cc21. The minimum absolute atomic E-state index is 0.00824. The molecule has 0 radical (unpaired) electrons. The Hall–Kier alpha value is -1.91. The summed E-state index contributed by atoms with van der Waals surface area (Å²) in [6, 6.07) is 4.34. The van der Waals surface area contributed by atoms with Gasteiger partial charge in [0, 0.05) is 23.6 Å². The summed E-state index contributed by atoms with van der Waals surface area (Å²) in [6.07, 6.45) is 1.39. The molecule has 0 spiro atoms. The molecule has 0 saturated heterocycles. The van der Waals surface area contributed by atoms with Crippen molar-refractivity contribution in [1.29, 1.82) is 0 Å². The fourth-order valence-corrected chi connectivity index (χ4v) is 1.66. The van der Waals surface area contributed by atoms with Crippen LogP contribution in [0, 0.1) is 10.1 Å². The Balaban J connectivity index is 2.47. The molecule has 0 aromatic heterocycles. The van der Waals surface area contributed by atoms with Crippen LogP contribution in [0.15, 0.2) is 18.2 Å². The zero-order chi connectivity index (χ0) is 10.8. The molecule has 1 aromatic carbocycles. The molecule has 0 amide bonds. The first-order valence-corrected chi connectivity index (χ1v) is 4.59. The molecule has 1 aromatic rings. The van der Waals surface area contributed by atoms with E-state index in [1.165, 1.54) is 12.1 Å². The van der Waals surface area contributed by atoms with Crippen LogP contribution in [0.1, 0.15) is 17.9 Å². The number of carbonyl (C=O) groups is 1. The van der Waals surface area contributed by atoms with Gasteiger partial charge in [0.2, 0.25) is 0 Å². The summed E-state index contributed by atoms with van der Waals surface area (Å²) < 4.78 is 5.31. The Kier molecular flexibility index (Phi) is 2.37. The molecule has 15 heavy (non-hydrogen) atoms. The average Bonchev–Trinajstić information content (AvgIpc) is 2.27. The third-order valence-electron chi connectivity index (χ3n) is 2.45. The second-order valence-electron chi connectivity index (χ2n) is 3.36.